The van der Waals surface area contributed by atoms with Gasteiger partial charge in [0.15, 0.2) is 0 Å². The molecule has 0 aliphatic carbocycles. The van der Waals surface area contributed by atoms with Crippen LogP contribution >= 0.6 is 11.3 Å². The minimum atomic E-state index is -0.798. The van der Waals surface area contributed by atoms with E-state index in [0.29, 0.717) is 16.5 Å². The molecule has 0 saturated carbocycles. The first-order chi connectivity index (χ1) is 6.74. The summed E-state index contributed by atoms with van der Waals surface area (Å²) >= 11 is 1.18. The van der Waals surface area contributed by atoms with Crippen molar-refractivity contribution >= 4 is 27.8 Å². The van der Waals surface area contributed by atoms with E-state index in [1.54, 1.807) is 11.4 Å². The second-order valence-corrected chi connectivity index (χ2v) is 3.48. The van der Waals surface area contributed by atoms with E-state index in [9.17, 15) is 14.4 Å². The first-order valence-corrected chi connectivity index (χ1v) is 4.67. The number of carbonyl (C=O) groups is 1. The van der Waals surface area contributed by atoms with Crippen molar-refractivity contribution in [2.45, 2.75) is 6.54 Å². The van der Waals surface area contributed by atoms with Gasteiger partial charge in [-0.3, -0.25) is 4.57 Å². The van der Waals surface area contributed by atoms with Gasteiger partial charge < -0.3 is 9.21 Å². The molecule has 2 heterocycles. The van der Waals surface area contributed by atoms with Crippen LogP contribution in [0.15, 0.2) is 25.5 Å². The third kappa shape index (κ3) is 1.20. The lowest BCUT2D eigenvalue weighted by atomic mass is 10.4. The van der Waals surface area contributed by atoms with Crippen LogP contribution in [0.1, 0.15) is 0 Å². The van der Waals surface area contributed by atoms with Gasteiger partial charge in [0.1, 0.15) is 11.0 Å². The van der Waals surface area contributed by atoms with E-state index in [0.717, 1.165) is 4.57 Å². The normalized spacial score (nSPS) is 10.6. The molecule has 2 aromatic rings. The summed E-state index contributed by atoms with van der Waals surface area (Å²) in [5, 5.41) is 1.67. The Morgan fingerprint density at radius 3 is 3.00 bits per heavy atom. The van der Waals surface area contributed by atoms with Crippen molar-refractivity contribution in [3.63, 3.8) is 0 Å². The van der Waals surface area contributed by atoms with Gasteiger partial charge in [-0.15, -0.1) is 11.3 Å². The molecule has 0 N–H and O–H groups in total. The van der Waals surface area contributed by atoms with Gasteiger partial charge in [-0.1, -0.05) is 0 Å². The number of aromatic nitrogens is 1. The SMILES string of the molecule is O=CCn1c(=O)oc(=O)c2sccc21. The van der Waals surface area contributed by atoms with E-state index in [1.807, 2.05) is 0 Å². The lowest BCUT2D eigenvalue weighted by Crippen LogP contribution is -2.24. The molecule has 0 aromatic carbocycles. The predicted molar refractivity (Wildman–Crippen MR) is 50.7 cm³/mol. The maximum Gasteiger partial charge on any atom is 0.422 e. The Morgan fingerprint density at radius 1 is 1.50 bits per heavy atom. The topological polar surface area (TPSA) is 69.3 Å². The van der Waals surface area contributed by atoms with Crippen LogP contribution in [0, 0.1) is 0 Å². The summed E-state index contributed by atoms with van der Waals surface area (Å²) in [6, 6.07) is 1.61. The maximum atomic E-state index is 11.2. The Kier molecular flexibility index (Phi) is 2.05. The number of hydrogen-bond acceptors (Lipinski definition) is 5. The molecule has 72 valence electrons. The second kappa shape index (κ2) is 3.22. The van der Waals surface area contributed by atoms with Crippen molar-refractivity contribution in [3.05, 3.63) is 32.4 Å². The zero-order chi connectivity index (χ0) is 10.1. The number of carbonyl (C=O) groups excluding carboxylic acids is 1. The van der Waals surface area contributed by atoms with Gasteiger partial charge >= 0.3 is 11.4 Å². The highest BCUT2D eigenvalue weighted by molar-refractivity contribution is 7.17. The first kappa shape index (κ1) is 8.89. The van der Waals surface area contributed by atoms with Crippen LogP contribution in [0.3, 0.4) is 0 Å². The van der Waals surface area contributed by atoms with E-state index < -0.39 is 11.4 Å². The van der Waals surface area contributed by atoms with E-state index in [2.05, 4.69) is 4.42 Å². The molecular weight excluding hydrogens is 206 g/mol. The van der Waals surface area contributed by atoms with Crippen LogP contribution in [0.25, 0.3) is 10.2 Å². The zero-order valence-electron chi connectivity index (χ0n) is 6.93. The summed E-state index contributed by atoms with van der Waals surface area (Å²) in [7, 11) is 0. The van der Waals surface area contributed by atoms with Crippen LogP contribution in [0.5, 0.6) is 0 Å². The Bertz CT molecular complexity index is 591. The third-order valence-corrected chi connectivity index (χ3v) is 2.66. The van der Waals surface area contributed by atoms with Gasteiger partial charge in [0, 0.05) is 0 Å². The molecule has 0 saturated heterocycles. The Hall–Kier alpha value is -1.69. The lowest BCUT2D eigenvalue weighted by Gasteiger charge is -1.98. The molecule has 0 bridgehead atoms. The molecule has 0 unspecified atom stereocenters. The van der Waals surface area contributed by atoms with E-state index >= 15 is 0 Å². The summed E-state index contributed by atoms with van der Waals surface area (Å²) in [6.45, 7) is -0.101. The molecule has 14 heavy (non-hydrogen) atoms. The molecule has 5 nitrogen and oxygen atoms in total. The fraction of sp³-hybridized carbons (Fsp3) is 0.125. The molecule has 0 aliphatic heterocycles. The molecule has 0 atom stereocenters. The van der Waals surface area contributed by atoms with E-state index in [1.165, 1.54) is 11.3 Å². The van der Waals surface area contributed by atoms with Crippen LogP contribution in [-0.4, -0.2) is 10.9 Å². The van der Waals surface area contributed by atoms with Crippen LogP contribution in [-0.2, 0) is 11.3 Å². The number of hydrogen-bond donors (Lipinski definition) is 0. The molecule has 2 aromatic heterocycles. The molecule has 0 spiro atoms. The highest BCUT2D eigenvalue weighted by Gasteiger charge is 2.09. The highest BCUT2D eigenvalue weighted by Crippen LogP contribution is 2.14. The van der Waals surface area contributed by atoms with E-state index in [4.69, 9.17) is 0 Å². The average molecular weight is 211 g/mol. The van der Waals surface area contributed by atoms with Crippen molar-refractivity contribution in [1.29, 1.82) is 0 Å². The standard InChI is InChI=1S/C8H5NO4S/c10-3-2-9-5-1-4-14-6(5)7(11)13-8(9)12/h1,3-4H,2H2. The quantitative estimate of drug-likeness (QED) is 0.666. The van der Waals surface area contributed by atoms with Crippen LogP contribution < -0.4 is 11.4 Å². The summed E-state index contributed by atoms with van der Waals surface area (Å²) in [5.74, 6) is -0.798. The average Bonchev–Trinajstić information content (AvgIpc) is 2.60. The molecule has 0 radical (unpaired) electrons. The van der Waals surface area contributed by atoms with Crippen molar-refractivity contribution < 1.29 is 9.21 Å². The number of thiophene rings is 1. The first-order valence-electron chi connectivity index (χ1n) is 3.79. The van der Waals surface area contributed by atoms with Gasteiger partial charge in [-0.05, 0) is 11.4 Å². The molecular formula is C8H5NO4S. The number of fused-ring (bicyclic) bond motifs is 1. The van der Waals surface area contributed by atoms with Crippen LogP contribution in [0.4, 0.5) is 0 Å². The summed E-state index contributed by atoms with van der Waals surface area (Å²) in [6.07, 6.45) is 0.582. The van der Waals surface area contributed by atoms with Crippen LogP contribution in [0.2, 0.25) is 0 Å². The van der Waals surface area contributed by atoms with Crippen molar-refractivity contribution in [2.24, 2.45) is 0 Å². The minimum Gasteiger partial charge on any atom is -0.371 e. The monoisotopic (exact) mass is 211 g/mol. The molecule has 0 amide bonds. The third-order valence-electron chi connectivity index (χ3n) is 1.78. The molecule has 6 heteroatoms. The lowest BCUT2D eigenvalue weighted by molar-refractivity contribution is -0.108. The molecule has 0 aliphatic rings. The Balaban J connectivity index is 2.93. The van der Waals surface area contributed by atoms with Gasteiger partial charge in [0.25, 0.3) is 0 Å². The summed E-state index contributed by atoms with van der Waals surface area (Å²) in [5.41, 5.74) is -0.203. The van der Waals surface area contributed by atoms with Crippen molar-refractivity contribution in [1.82, 2.24) is 4.57 Å². The van der Waals surface area contributed by atoms with Gasteiger partial charge in [0.05, 0.1) is 12.1 Å². The van der Waals surface area contributed by atoms with Gasteiger partial charge in [-0.25, -0.2) is 9.59 Å². The fourth-order valence-corrected chi connectivity index (χ4v) is 1.96. The summed E-state index contributed by atoms with van der Waals surface area (Å²) in [4.78, 5) is 32.6. The van der Waals surface area contributed by atoms with E-state index in [-0.39, 0.29) is 6.54 Å². The largest absolute Gasteiger partial charge is 0.422 e. The highest BCUT2D eigenvalue weighted by atomic mass is 32.1. The zero-order valence-corrected chi connectivity index (χ0v) is 7.74. The Labute approximate surface area is 81.2 Å². The Morgan fingerprint density at radius 2 is 2.29 bits per heavy atom. The number of nitrogens with zero attached hydrogens (tertiary/aromatic N) is 1. The predicted octanol–water partition coefficient (Wildman–Crippen LogP) is 0.215. The summed E-state index contributed by atoms with van der Waals surface area (Å²) < 4.78 is 5.91. The van der Waals surface area contributed by atoms with Gasteiger partial charge in [-0.2, -0.15) is 0 Å². The van der Waals surface area contributed by atoms with Gasteiger partial charge in [0.2, 0.25) is 0 Å². The maximum absolute atomic E-state index is 11.2. The fourth-order valence-electron chi connectivity index (χ4n) is 1.19. The van der Waals surface area contributed by atoms with Crippen molar-refractivity contribution in [2.75, 3.05) is 0 Å². The minimum absolute atomic E-state index is 0.101. The second-order valence-electron chi connectivity index (χ2n) is 2.57. The number of aldehydes is 1. The molecule has 0 fully saturated rings. The van der Waals surface area contributed by atoms with Crippen molar-refractivity contribution in [3.8, 4) is 0 Å². The molecule has 2 rings (SSSR count). The number of rotatable bonds is 2. The smallest absolute Gasteiger partial charge is 0.371 e.